The van der Waals surface area contributed by atoms with Crippen LogP contribution in [0.1, 0.15) is 6.92 Å². The van der Waals surface area contributed by atoms with Gasteiger partial charge in [-0.2, -0.15) is 0 Å². The van der Waals surface area contributed by atoms with Crippen molar-refractivity contribution in [2.75, 3.05) is 5.75 Å². The third kappa shape index (κ3) is 2.43. The van der Waals surface area contributed by atoms with E-state index < -0.39 is 22.4 Å². The van der Waals surface area contributed by atoms with E-state index in [-0.39, 0.29) is 9.99 Å². The Labute approximate surface area is 88.2 Å². The minimum absolute atomic E-state index is 0.148. The summed E-state index contributed by atoms with van der Waals surface area (Å²) >= 11 is 1.91. The van der Waals surface area contributed by atoms with Crippen LogP contribution in [0, 0.1) is 0 Å². The molecule has 3 N–H and O–H groups in total. The molecule has 0 bridgehead atoms. The second-order valence-electron chi connectivity index (χ2n) is 2.84. The summed E-state index contributed by atoms with van der Waals surface area (Å²) in [7, 11) is 0. The maximum atomic E-state index is 10.6. The minimum atomic E-state index is -1.48. The first kappa shape index (κ1) is 11.4. The van der Waals surface area contributed by atoms with E-state index in [1.165, 1.54) is 6.92 Å². The molecule has 0 spiro atoms. The summed E-state index contributed by atoms with van der Waals surface area (Å²) in [6.07, 6.45) is 0. The van der Waals surface area contributed by atoms with Crippen LogP contribution >= 0.6 is 23.5 Å². The molecule has 1 fully saturated rings. The van der Waals surface area contributed by atoms with Gasteiger partial charge in [0.15, 0.2) is 5.57 Å². The van der Waals surface area contributed by atoms with Crippen LogP contribution in [0.3, 0.4) is 0 Å². The quantitative estimate of drug-likeness (QED) is 0.366. The molecule has 0 aromatic heterocycles. The molecule has 0 aliphatic carbocycles. The van der Waals surface area contributed by atoms with Gasteiger partial charge in [-0.3, -0.25) is 0 Å². The van der Waals surface area contributed by atoms with Crippen LogP contribution in [-0.2, 0) is 9.59 Å². The summed E-state index contributed by atoms with van der Waals surface area (Å²) in [6, 6.07) is 0. The summed E-state index contributed by atoms with van der Waals surface area (Å²) in [6.45, 7) is 1.51. The Bertz CT molecular complexity index is 304. The Kier molecular flexibility index (Phi) is 3.13. The highest BCUT2D eigenvalue weighted by atomic mass is 32.2. The molecule has 1 aliphatic heterocycles. The normalized spacial score (nSPS) is 26.3. The number of carboxylic acid groups (broad SMARTS) is 2. The van der Waals surface area contributed by atoms with Gasteiger partial charge in [0, 0.05) is 5.75 Å². The standard InChI is InChI=1S/C7H8O5S2/c1-7(12)2-13-6(14-7)3(4(8)9)5(10)11/h12H,2H2,1H3,(H,8,9)(H,10,11). The van der Waals surface area contributed by atoms with Gasteiger partial charge in [-0.15, -0.1) is 11.8 Å². The van der Waals surface area contributed by atoms with Crippen molar-refractivity contribution in [3.63, 3.8) is 0 Å². The highest BCUT2D eigenvalue weighted by Crippen LogP contribution is 2.48. The second-order valence-corrected chi connectivity index (χ2v) is 5.57. The lowest BCUT2D eigenvalue weighted by Gasteiger charge is -2.11. The largest absolute Gasteiger partial charge is 0.477 e. The summed E-state index contributed by atoms with van der Waals surface area (Å²) < 4.78 is 0.148. The SMILES string of the molecule is CC1(O)CSC(=C(C(=O)O)C(=O)O)S1. The van der Waals surface area contributed by atoms with Gasteiger partial charge in [0.25, 0.3) is 0 Å². The van der Waals surface area contributed by atoms with Crippen molar-refractivity contribution < 1.29 is 24.9 Å². The van der Waals surface area contributed by atoms with Gasteiger partial charge in [0.2, 0.25) is 0 Å². The Balaban J connectivity index is 3.03. The zero-order valence-corrected chi connectivity index (χ0v) is 8.81. The molecule has 5 nitrogen and oxygen atoms in total. The lowest BCUT2D eigenvalue weighted by Crippen LogP contribution is -2.17. The molecule has 7 heteroatoms. The maximum Gasteiger partial charge on any atom is 0.344 e. The molecule has 0 amide bonds. The first-order valence-electron chi connectivity index (χ1n) is 3.58. The van der Waals surface area contributed by atoms with Crippen LogP contribution < -0.4 is 0 Å². The van der Waals surface area contributed by atoms with Crippen LogP contribution in [0.2, 0.25) is 0 Å². The molecule has 0 saturated carbocycles. The van der Waals surface area contributed by atoms with Crippen molar-refractivity contribution in [3.8, 4) is 0 Å². The van der Waals surface area contributed by atoms with Crippen LogP contribution in [0.4, 0.5) is 0 Å². The minimum Gasteiger partial charge on any atom is -0.477 e. The third-order valence-corrected chi connectivity index (χ3v) is 4.35. The van der Waals surface area contributed by atoms with Crippen molar-refractivity contribution in [1.29, 1.82) is 0 Å². The molecule has 78 valence electrons. The predicted octanol–water partition coefficient (Wildman–Crippen LogP) is 0.556. The van der Waals surface area contributed by atoms with E-state index >= 15 is 0 Å². The highest BCUT2D eigenvalue weighted by Gasteiger charge is 2.36. The summed E-state index contributed by atoms with van der Waals surface area (Å²) in [4.78, 5) is 20.1. The number of thioether (sulfide) groups is 2. The van der Waals surface area contributed by atoms with Crippen LogP contribution in [0.5, 0.6) is 0 Å². The lowest BCUT2D eigenvalue weighted by atomic mass is 10.3. The fourth-order valence-electron chi connectivity index (χ4n) is 0.847. The number of aliphatic carboxylic acids is 2. The highest BCUT2D eigenvalue weighted by molar-refractivity contribution is 8.26. The van der Waals surface area contributed by atoms with E-state index in [9.17, 15) is 14.7 Å². The number of hydrogen-bond donors (Lipinski definition) is 3. The van der Waals surface area contributed by atoms with Crippen molar-refractivity contribution in [2.45, 2.75) is 11.9 Å². The molecule has 1 aliphatic rings. The van der Waals surface area contributed by atoms with Gasteiger partial charge in [-0.1, -0.05) is 11.8 Å². The molecular weight excluding hydrogens is 228 g/mol. The monoisotopic (exact) mass is 236 g/mol. The average molecular weight is 236 g/mol. The van der Waals surface area contributed by atoms with Gasteiger partial charge in [-0.05, 0) is 6.92 Å². The first-order valence-corrected chi connectivity index (χ1v) is 5.39. The van der Waals surface area contributed by atoms with Crippen molar-refractivity contribution in [3.05, 3.63) is 9.81 Å². The zero-order valence-electron chi connectivity index (χ0n) is 7.18. The molecule has 0 aromatic carbocycles. The van der Waals surface area contributed by atoms with E-state index in [1.54, 1.807) is 0 Å². The molecule has 1 atom stereocenters. The van der Waals surface area contributed by atoms with Gasteiger partial charge >= 0.3 is 11.9 Å². The zero-order chi connectivity index (χ0) is 10.9. The van der Waals surface area contributed by atoms with E-state index in [0.29, 0.717) is 0 Å². The first-order chi connectivity index (χ1) is 6.33. The lowest BCUT2D eigenvalue weighted by molar-refractivity contribution is -0.140. The maximum absolute atomic E-state index is 10.6. The Morgan fingerprint density at radius 1 is 1.36 bits per heavy atom. The van der Waals surface area contributed by atoms with E-state index in [0.717, 1.165) is 23.5 Å². The molecule has 1 rings (SSSR count). The van der Waals surface area contributed by atoms with E-state index in [1.807, 2.05) is 0 Å². The van der Waals surface area contributed by atoms with Gasteiger partial charge in [0.1, 0.15) is 4.93 Å². The number of carboxylic acids is 2. The van der Waals surface area contributed by atoms with Gasteiger partial charge < -0.3 is 15.3 Å². The molecular formula is C7H8O5S2. The van der Waals surface area contributed by atoms with Gasteiger partial charge in [0.05, 0.1) is 4.24 Å². The fraction of sp³-hybridized carbons (Fsp3) is 0.429. The molecule has 1 heterocycles. The Morgan fingerprint density at radius 3 is 2.14 bits per heavy atom. The second kappa shape index (κ2) is 3.84. The van der Waals surface area contributed by atoms with Crippen molar-refractivity contribution in [1.82, 2.24) is 0 Å². The van der Waals surface area contributed by atoms with E-state index in [2.05, 4.69) is 0 Å². The Hall–Kier alpha value is -0.660. The molecule has 0 radical (unpaired) electrons. The average Bonchev–Trinajstić information content (AvgIpc) is 2.28. The Morgan fingerprint density at radius 2 is 1.86 bits per heavy atom. The van der Waals surface area contributed by atoms with Crippen LogP contribution in [-0.4, -0.2) is 37.9 Å². The molecule has 1 unspecified atom stereocenters. The van der Waals surface area contributed by atoms with E-state index in [4.69, 9.17) is 10.2 Å². The van der Waals surface area contributed by atoms with Crippen molar-refractivity contribution in [2.24, 2.45) is 0 Å². The molecule has 1 saturated heterocycles. The predicted molar refractivity (Wildman–Crippen MR) is 53.0 cm³/mol. The number of aliphatic hydroxyl groups is 1. The molecule has 14 heavy (non-hydrogen) atoms. The fourth-order valence-corrected chi connectivity index (χ4v) is 3.60. The smallest absolute Gasteiger partial charge is 0.344 e. The number of hydrogen-bond acceptors (Lipinski definition) is 5. The summed E-state index contributed by atoms with van der Waals surface area (Å²) in [5.74, 6) is -2.67. The topological polar surface area (TPSA) is 94.8 Å². The van der Waals surface area contributed by atoms with Gasteiger partial charge in [-0.25, -0.2) is 9.59 Å². The van der Waals surface area contributed by atoms with Crippen LogP contribution in [0.15, 0.2) is 9.81 Å². The molecule has 0 aromatic rings. The summed E-state index contributed by atoms with van der Waals surface area (Å²) in [5, 5.41) is 26.8. The number of carbonyl (C=O) groups is 2. The third-order valence-electron chi connectivity index (χ3n) is 1.42. The van der Waals surface area contributed by atoms with Crippen molar-refractivity contribution >= 4 is 35.5 Å². The number of rotatable bonds is 2. The van der Waals surface area contributed by atoms with Crippen LogP contribution in [0.25, 0.3) is 0 Å². The summed E-state index contributed by atoms with van der Waals surface area (Å²) in [5.41, 5.74) is -0.669.